The van der Waals surface area contributed by atoms with Crippen molar-refractivity contribution in [3.8, 4) is 0 Å². The van der Waals surface area contributed by atoms with Crippen molar-refractivity contribution >= 4 is 0 Å². The maximum atomic E-state index is 11.0. The van der Waals surface area contributed by atoms with Gasteiger partial charge in [-0.15, -0.1) is 0 Å². The fourth-order valence-corrected chi connectivity index (χ4v) is 4.57. The Labute approximate surface area is 146 Å². The molecule has 2 atom stereocenters. The first-order valence-electron chi connectivity index (χ1n) is 10.8. The Morgan fingerprint density at radius 3 is 1.91 bits per heavy atom. The molecule has 0 aromatic heterocycles. The molecule has 0 aromatic rings. The molecule has 138 valence electrons. The van der Waals surface area contributed by atoms with Gasteiger partial charge in [-0.1, -0.05) is 97.8 Å². The average Bonchev–Trinajstić information content (AvgIpc) is 3.08. The van der Waals surface area contributed by atoms with Crippen molar-refractivity contribution in [3.05, 3.63) is 0 Å². The summed E-state index contributed by atoms with van der Waals surface area (Å²) >= 11 is 0. The Morgan fingerprint density at radius 2 is 1.39 bits per heavy atom. The van der Waals surface area contributed by atoms with Crippen LogP contribution in [-0.2, 0) is 0 Å². The predicted molar refractivity (Wildman–Crippen MR) is 103 cm³/mol. The summed E-state index contributed by atoms with van der Waals surface area (Å²) in [5.41, 5.74) is -0.366. The Morgan fingerprint density at radius 1 is 0.870 bits per heavy atom. The fourth-order valence-electron chi connectivity index (χ4n) is 4.57. The molecule has 1 saturated carbocycles. The molecule has 1 fully saturated rings. The summed E-state index contributed by atoms with van der Waals surface area (Å²) in [7, 11) is 0. The molecule has 1 rings (SSSR count). The molecular weight excluding hydrogens is 280 g/mol. The fraction of sp³-hybridized carbons (Fsp3) is 1.00. The largest absolute Gasteiger partial charge is 0.390 e. The zero-order valence-electron chi connectivity index (χ0n) is 16.4. The number of hydrogen-bond donors (Lipinski definition) is 1. The van der Waals surface area contributed by atoms with E-state index in [1.54, 1.807) is 0 Å². The number of aliphatic hydroxyl groups is 1. The predicted octanol–water partition coefficient (Wildman–Crippen LogP) is 7.26. The highest BCUT2D eigenvalue weighted by Crippen LogP contribution is 2.40. The Hall–Kier alpha value is -0.0400. The lowest BCUT2D eigenvalue weighted by Gasteiger charge is -2.35. The van der Waals surface area contributed by atoms with E-state index in [4.69, 9.17) is 0 Å². The second-order valence-corrected chi connectivity index (χ2v) is 8.36. The van der Waals surface area contributed by atoms with Gasteiger partial charge < -0.3 is 5.11 Å². The van der Waals surface area contributed by atoms with Crippen molar-refractivity contribution in [2.45, 2.75) is 129 Å². The van der Waals surface area contributed by atoms with Gasteiger partial charge in [-0.05, 0) is 37.5 Å². The summed E-state index contributed by atoms with van der Waals surface area (Å²) < 4.78 is 0. The van der Waals surface area contributed by atoms with Crippen LogP contribution >= 0.6 is 0 Å². The van der Waals surface area contributed by atoms with Gasteiger partial charge >= 0.3 is 0 Å². The van der Waals surface area contributed by atoms with Gasteiger partial charge in [0, 0.05) is 0 Å². The minimum absolute atomic E-state index is 0.366. The molecule has 0 heterocycles. The summed E-state index contributed by atoms with van der Waals surface area (Å²) in [5.74, 6) is 1.27. The van der Waals surface area contributed by atoms with Crippen molar-refractivity contribution in [3.63, 3.8) is 0 Å². The quantitative estimate of drug-likeness (QED) is 0.333. The molecule has 1 aliphatic rings. The summed E-state index contributed by atoms with van der Waals surface area (Å²) in [6.45, 7) is 6.83. The lowest BCUT2D eigenvalue weighted by molar-refractivity contribution is -0.0397. The third-order valence-corrected chi connectivity index (χ3v) is 6.23. The smallest absolute Gasteiger partial charge is 0.0675 e. The molecule has 0 bridgehead atoms. The van der Waals surface area contributed by atoms with E-state index >= 15 is 0 Å². The minimum atomic E-state index is -0.366. The molecule has 1 N–H and O–H groups in total. The number of unbranched alkanes of at least 4 members (excludes halogenated alkanes) is 8. The maximum absolute atomic E-state index is 11.0. The molecule has 23 heavy (non-hydrogen) atoms. The van der Waals surface area contributed by atoms with E-state index in [1.807, 2.05) is 0 Å². The molecule has 0 radical (unpaired) electrons. The van der Waals surface area contributed by atoms with Gasteiger partial charge in [0.15, 0.2) is 0 Å². The van der Waals surface area contributed by atoms with Gasteiger partial charge in [0.25, 0.3) is 0 Å². The highest BCUT2D eigenvalue weighted by molar-refractivity contribution is 4.89. The number of rotatable bonds is 14. The first-order chi connectivity index (χ1) is 11.1. The summed E-state index contributed by atoms with van der Waals surface area (Å²) in [6.07, 6.45) is 21.2. The van der Waals surface area contributed by atoms with Gasteiger partial charge in [-0.3, -0.25) is 0 Å². The normalized spacial score (nSPS) is 19.8. The Balaban J connectivity index is 2.05. The average molecular weight is 325 g/mol. The van der Waals surface area contributed by atoms with Crippen LogP contribution in [0.15, 0.2) is 0 Å². The molecule has 0 aromatic carbocycles. The maximum Gasteiger partial charge on any atom is 0.0675 e. The van der Waals surface area contributed by atoms with Crippen LogP contribution in [0.2, 0.25) is 0 Å². The van der Waals surface area contributed by atoms with Crippen molar-refractivity contribution in [2.75, 3.05) is 0 Å². The SMILES string of the molecule is CCCCCCCCCCCC(C)CC(O)(CC)C1CCCC1. The second kappa shape index (κ2) is 12.3. The van der Waals surface area contributed by atoms with Gasteiger partial charge in [0.05, 0.1) is 5.60 Å². The molecule has 0 spiro atoms. The van der Waals surface area contributed by atoms with E-state index in [9.17, 15) is 5.11 Å². The van der Waals surface area contributed by atoms with Crippen LogP contribution in [0.4, 0.5) is 0 Å². The van der Waals surface area contributed by atoms with E-state index < -0.39 is 0 Å². The van der Waals surface area contributed by atoms with Crippen LogP contribution in [-0.4, -0.2) is 10.7 Å². The first-order valence-corrected chi connectivity index (χ1v) is 10.8. The van der Waals surface area contributed by atoms with Crippen molar-refractivity contribution < 1.29 is 5.11 Å². The highest BCUT2D eigenvalue weighted by atomic mass is 16.3. The summed E-state index contributed by atoms with van der Waals surface area (Å²) in [6, 6.07) is 0. The van der Waals surface area contributed by atoms with Crippen LogP contribution in [0.25, 0.3) is 0 Å². The van der Waals surface area contributed by atoms with Crippen LogP contribution in [0.3, 0.4) is 0 Å². The van der Waals surface area contributed by atoms with Crippen LogP contribution < -0.4 is 0 Å². The van der Waals surface area contributed by atoms with E-state index in [0.717, 1.165) is 12.8 Å². The Bertz CT molecular complexity index is 269. The van der Waals surface area contributed by atoms with Gasteiger partial charge in [-0.2, -0.15) is 0 Å². The summed E-state index contributed by atoms with van der Waals surface area (Å²) in [4.78, 5) is 0. The topological polar surface area (TPSA) is 20.2 Å². The van der Waals surface area contributed by atoms with E-state index in [1.165, 1.54) is 89.9 Å². The molecule has 0 saturated heterocycles. The highest BCUT2D eigenvalue weighted by Gasteiger charge is 2.37. The van der Waals surface area contributed by atoms with E-state index in [-0.39, 0.29) is 5.60 Å². The molecule has 2 unspecified atom stereocenters. The minimum Gasteiger partial charge on any atom is -0.390 e. The van der Waals surface area contributed by atoms with E-state index in [2.05, 4.69) is 20.8 Å². The van der Waals surface area contributed by atoms with Crippen LogP contribution in [0.1, 0.15) is 124 Å². The lowest BCUT2D eigenvalue weighted by atomic mass is 9.76. The first kappa shape index (κ1) is 21.0. The monoisotopic (exact) mass is 324 g/mol. The van der Waals surface area contributed by atoms with Crippen LogP contribution in [0, 0.1) is 11.8 Å². The lowest BCUT2D eigenvalue weighted by Crippen LogP contribution is -2.37. The molecule has 1 aliphatic carbocycles. The molecule has 0 amide bonds. The van der Waals surface area contributed by atoms with Gasteiger partial charge in [0.2, 0.25) is 0 Å². The third-order valence-electron chi connectivity index (χ3n) is 6.23. The van der Waals surface area contributed by atoms with Gasteiger partial charge in [0.1, 0.15) is 0 Å². The van der Waals surface area contributed by atoms with E-state index in [0.29, 0.717) is 11.8 Å². The van der Waals surface area contributed by atoms with Crippen molar-refractivity contribution in [2.24, 2.45) is 11.8 Å². The zero-order valence-corrected chi connectivity index (χ0v) is 16.4. The summed E-state index contributed by atoms with van der Waals surface area (Å²) in [5, 5.41) is 11.0. The molecular formula is C22H44O. The Kier molecular flexibility index (Phi) is 11.3. The molecule has 0 aliphatic heterocycles. The van der Waals surface area contributed by atoms with Crippen molar-refractivity contribution in [1.29, 1.82) is 0 Å². The van der Waals surface area contributed by atoms with Crippen molar-refractivity contribution in [1.82, 2.24) is 0 Å². The standard InChI is InChI=1S/C22H44O/c1-4-6-7-8-9-10-11-12-13-16-20(3)19-22(23,5-2)21-17-14-15-18-21/h20-21,23H,4-19H2,1-3H3. The zero-order chi connectivity index (χ0) is 17.0. The molecule has 1 heteroatoms. The second-order valence-electron chi connectivity index (χ2n) is 8.36. The van der Waals surface area contributed by atoms with Gasteiger partial charge in [-0.25, -0.2) is 0 Å². The van der Waals surface area contributed by atoms with Crippen LogP contribution in [0.5, 0.6) is 0 Å². The number of hydrogen-bond acceptors (Lipinski definition) is 1. The molecule has 1 nitrogen and oxygen atoms in total. The third kappa shape index (κ3) is 8.57.